The summed E-state index contributed by atoms with van der Waals surface area (Å²) in [5.74, 6) is -0.258. The van der Waals surface area contributed by atoms with Crippen LogP contribution in [0.2, 0.25) is 0 Å². The summed E-state index contributed by atoms with van der Waals surface area (Å²) in [5, 5.41) is 3.04. The fourth-order valence-corrected chi connectivity index (χ4v) is 4.27. The second-order valence-corrected chi connectivity index (χ2v) is 8.41. The first-order valence-corrected chi connectivity index (χ1v) is 11.7. The molecule has 3 amide bonds. The molecule has 1 aliphatic rings. The number of nitrogens with two attached hydrogens (primary N) is 1. The Morgan fingerprint density at radius 2 is 1.66 bits per heavy atom. The van der Waals surface area contributed by atoms with Crippen molar-refractivity contribution >= 4 is 17.7 Å². The Bertz CT molecular complexity index is 1010. The van der Waals surface area contributed by atoms with E-state index in [1.807, 2.05) is 42.2 Å². The fraction of sp³-hybridized carbons (Fsp3) is 0.423. The van der Waals surface area contributed by atoms with Crippen LogP contribution in [0.15, 0.2) is 42.5 Å². The molecule has 9 nitrogen and oxygen atoms in total. The van der Waals surface area contributed by atoms with Crippen molar-refractivity contribution in [2.45, 2.75) is 38.1 Å². The van der Waals surface area contributed by atoms with Crippen molar-refractivity contribution in [3.63, 3.8) is 0 Å². The van der Waals surface area contributed by atoms with E-state index in [1.54, 1.807) is 0 Å². The summed E-state index contributed by atoms with van der Waals surface area (Å²) in [6.07, 6.45) is 2.07. The molecule has 1 aliphatic heterocycles. The van der Waals surface area contributed by atoms with Crippen LogP contribution in [0.1, 0.15) is 48.0 Å². The number of carbonyl (C=O) groups is 3. The van der Waals surface area contributed by atoms with Gasteiger partial charge in [-0.3, -0.25) is 14.4 Å². The van der Waals surface area contributed by atoms with Gasteiger partial charge >= 0.3 is 0 Å². The van der Waals surface area contributed by atoms with Gasteiger partial charge in [-0.15, -0.1) is 0 Å². The molecule has 1 saturated heterocycles. The fourth-order valence-electron chi connectivity index (χ4n) is 4.27. The molecule has 0 bridgehead atoms. The van der Waals surface area contributed by atoms with Gasteiger partial charge in [0.05, 0.1) is 20.1 Å². The van der Waals surface area contributed by atoms with Crippen LogP contribution in [0, 0.1) is 0 Å². The van der Waals surface area contributed by atoms with Crippen molar-refractivity contribution in [3.05, 3.63) is 53.6 Å². The van der Waals surface area contributed by atoms with Crippen LogP contribution in [0.3, 0.4) is 0 Å². The first-order valence-electron chi connectivity index (χ1n) is 11.7. The number of amides is 3. The van der Waals surface area contributed by atoms with Crippen LogP contribution in [0.5, 0.6) is 17.2 Å². The van der Waals surface area contributed by atoms with E-state index in [-0.39, 0.29) is 47.6 Å². The van der Waals surface area contributed by atoms with Crippen molar-refractivity contribution in [2.75, 3.05) is 33.9 Å². The molecule has 1 fully saturated rings. The Kier molecular flexibility index (Phi) is 8.94. The van der Waals surface area contributed by atoms with Crippen LogP contribution in [-0.4, -0.2) is 62.6 Å². The van der Waals surface area contributed by atoms with E-state index >= 15 is 0 Å². The second-order valence-electron chi connectivity index (χ2n) is 8.41. The quantitative estimate of drug-likeness (QED) is 0.536. The summed E-state index contributed by atoms with van der Waals surface area (Å²) >= 11 is 0. The zero-order valence-corrected chi connectivity index (χ0v) is 20.4. The SMILES string of the molecule is CCC(C(=O)N1CCC(NC(=O)c2cc(OC)c(OCC(N)=O)c(OC)c2)CC1)c1ccccc1. The molecule has 3 N–H and O–H groups in total. The summed E-state index contributed by atoms with van der Waals surface area (Å²) in [6, 6.07) is 12.8. The van der Waals surface area contributed by atoms with Gasteiger partial charge in [0.15, 0.2) is 18.1 Å². The lowest BCUT2D eigenvalue weighted by atomic mass is 9.93. The van der Waals surface area contributed by atoms with Crippen LogP contribution >= 0.6 is 0 Å². The standard InChI is InChI=1S/C26H33N3O6/c1-4-20(17-8-6-5-7-9-17)26(32)29-12-10-19(11-13-29)28-25(31)18-14-21(33-2)24(22(15-18)34-3)35-16-23(27)30/h5-9,14-15,19-20H,4,10-13,16H2,1-3H3,(H2,27,30)(H,28,31). The van der Waals surface area contributed by atoms with Gasteiger partial charge in [-0.05, 0) is 37.0 Å². The number of piperidine rings is 1. The molecule has 2 aromatic rings. The molecule has 0 spiro atoms. The monoisotopic (exact) mass is 483 g/mol. The molecule has 0 saturated carbocycles. The summed E-state index contributed by atoms with van der Waals surface area (Å²) in [4.78, 5) is 39.1. The molecule has 0 aromatic heterocycles. The summed E-state index contributed by atoms with van der Waals surface area (Å²) in [6.45, 7) is 2.84. The molecule has 1 atom stereocenters. The molecular formula is C26H33N3O6. The Morgan fingerprint density at radius 3 is 2.17 bits per heavy atom. The predicted molar refractivity (Wildman–Crippen MR) is 131 cm³/mol. The average molecular weight is 484 g/mol. The van der Waals surface area contributed by atoms with E-state index in [4.69, 9.17) is 19.9 Å². The summed E-state index contributed by atoms with van der Waals surface area (Å²) in [5.41, 5.74) is 6.52. The zero-order valence-electron chi connectivity index (χ0n) is 20.4. The summed E-state index contributed by atoms with van der Waals surface area (Å²) < 4.78 is 16.1. The number of nitrogens with one attached hydrogen (secondary N) is 1. The lowest BCUT2D eigenvalue weighted by molar-refractivity contribution is -0.134. The second kappa shape index (κ2) is 12.1. The zero-order chi connectivity index (χ0) is 25.4. The van der Waals surface area contributed by atoms with E-state index in [0.717, 1.165) is 12.0 Å². The maximum atomic E-state index is 13.1. The highest BCUT2D eigenvalue weighted by molar-refractivity contribution is 5.96. The maximum Gasteiger partial charge on any atom is 0.255 e. The van der Waals surface area contributed by atoms with Crippen LogP contribution in [-0.2, 0) is 9.59 Å². The van der Waals surface area contributed by atoms with E-state index in [2.05, 4.69) is 5.32 Å². The van der Waals surface area contributed by atoms with Crippen molar-refractivity contribution in [1.29, 1.82) is 0 Å². The first-order chi connectivity index (χ1) is 16.9. The largest absolute Gasteiger partial charge is 0.493 e. The van der Waals surface area contributed by atoms with E-state index in [0.29, 0.717) is 31.5 Å². The summed E-state index contributed by atoms with van der Waals surface area (Å²) in [7, 11) is 2.86. The number of benzene rings is 2. The van der Waals surface area contributed by atoms with Crippen molar-refractivity contribution < 1.29 is 28.6 Å². The predicted octanol–water partition coefficient (Wildman–Crippen LogP) is 2.48. The highest BCUT2D eigenvalue weighted by atomic mass is 16.5. The molecule has 1 unspecified atom stereocenters. The average Bonchev–Trinajstić information content (AvgIpc) is 2.88. The Hall–Kier alpha value is -3.75. The highest BCUT2D eigenvalue weighted by Gasteiger charge is 2.29. The minimum Gasteiger partial charge on any atom is -0.493 e. The Morgan fingerprint density at radius 1 is 1.06 bits per heavy atom. The smallest absolute Gasteiger partial charge is 0.255 e. The van der Waals surface area contributed by atoms with Crippen molar-refractivity contribution in [1.82, 2.24) is 10.2 Å². The topological polar surface area (TPSA) is 120 Å². The Balaban J connectivity index is 1.62. The molecule has 2 aromatic carbocycles. The number of rotatable bonds is 10. The number of ether oxygens (including phenoxy) is 3. The van der Waals surface area contributed by atoms with Crippen molar-refractivity contribution in [2.24, 2.45) is 5.73 Å². The third-order valence-corrected chi connectivity index (χ3v) is 6.13. The number of nitrogens with zero attached hydrogens (tertiary/aromatic N) is 1. The van der Waals surface area contributed by atoms with Gasteiger partial charge in [-0.25, -0.2) is 0 Å². The maximum absolute atomic E-state index is 13.1. The molecule has 0 aliphatic carbocycles. The number of methoxy groups -OCH3 is 2. The third kappa shape index (κ3) is 6.44. The molecule has 0 radical (unpaired) electrons. The Labute approximate surface area is 205 Å². The lowest BCUT2D eigenvalue weighted by Gasteiger charge is -2.34. The minimum absolute atomic E-state index is 0.0638. The number of hydrogen-bond donors (Lipinski definition) is 2. The van der Waals surface area contributed by atoms with E-state index < -0.39 is 5.91 Å². The molecule has 1 heterocycles. The first kappa shape index (κ1) is 25.9. The number of carbonyl (C=O) groups excluding carboxylic acids is 3. The molecule has 9 heteroatoms. The van der Waals surface area contributed by atoms with E-state index in [9.17, 15) is 14.4 Å². The minimum atomic E-state index is -0.644. The van der Waals surface area contributed by atoms with Crippen LogP contribution < -0.4 is 25.3 Å². The van der Waals surface area contributed by atoms with Gasteiger partial charge in [0, 0.05) is 24.7 Å². The van der Waals surface area contributed by atoms with Gasteiger partial charge < -0.3 is 30.2 Å². The molecular weight excluding hydrogens is 450 g/mol. The van der Waals surface area contributed by atoms with Crippen LogP contribution in [0.4, 0.5) is 0 Å². The number of likely N-dealkylation sites (tertiary alicyclic amines) is 1. The molecule has 188 valence electrons. The van der Waals surface area contributed by atoms with E-state index in [1.165, 1.54) is 26.4 Å². The highest BCUT2D eigenvalue weighted by Crippen LogP contribution is 2.38. The van der Waals surface area contributed by atoms with Gasteiger partial charge in [0.1, 0.15) is 0 Å². The van der Waals surface area contributed by atoms with Gasteiger partial charge in [0.25, 0.3) is 11.8 Å². The lowest BCUT2D eigenvalue weighted by Crippen LogP contribution is -2.47. The normalized spacial score (nSPS) is 14.7. The van der Waals surface area contributed by atoms with Crippen molar-refractivity contribution in [3.8, 4) is 17.2 Å². The van der Waals surface area contributed by atoms with Gasteiger partial charge in [0.2, 0.25) is 11.7 Å². The number of hydrogen-bond acceptors (Lipinski definition) is 6. The molecule has 3 rings (SSSR count). The third-order valence-electron chi connectivity index (χ3n) is 6.13. The molecule has 35 heavy (non-hydrogen) atoms. The van der Waals surface area contributed by atoms with Gasteiger partial charge in [-0.2, -0.15) is 0 Å². The number of primary amides is 1. The van der Waals surface area contributed by atoms with Crippen LogP contribution in [0.25, 0.3) is 0 Å². The van der Waals surface area contributed by atoms with Gasteiger partial charge in [-0.1, -0.05) is 37.3 Å².